The lowest BCUT2D eigenvalue weighted by atomic mass is 9.97. The fraction of sp³-hybridized carbons (Fsp3) is 0.267. The van der Waals surface area contributed by atoms with Gasteiger partial charge in [-0.15, -0.1) is 0 Å². The summed E-state index contributed by atoms with van der Waals surface area (Å²) in [6.07, 6.45) is -2.72. The Hall–Kier alpha value is -2.27. The zero-order chi connectivity index (χ0) is 19.5. The second-order valence-corrected chi connectivity index (χ2v) is 7.58. The van der Waals surface area contributed by atoms with Crippen LogP contribution in [0.3, 0.4) is 0 Å². The average molecular weight is 395 g/mol. The van der Waals surface area contributed by atoms with Gasteiger partial charge in [0.25, 0.3) is 15.8 Å². The zero-order valence-electron chi connectivity index (χ0n) is 12.6. The van der Waals surface area contributed by atoms with Gasteiger partial charge in [0.2, 0.25) is 5.88 Å². The van der Waals surface area contributed by atoms with Crippen molar-refractivity contribution in [2.24, 2.45) is 0 Å². The minimum atomic E-state index is -5.97. The summed E-state index contributed by atoms with van der Waals surface area (Å²) in [5.41, 5.74) is -7.45. The van der Waals surface area contributed by atoms with E-state index in [1.54, 1.807) is 0 Å². The lowest BCUT2D eigenvalue weighted by Crippen LogP contribution is -2.26. The van der Waals surface area contributed by atoms with E-state index in [9.17, 15) is 40.6 Å². The van der Waals surface area contributed by atoms with Gasteiger partial charge in [-0.1, -0.05) is 6.07 Å². The summed E-state index contributed by atoms with van der Waals surface area (Å²) in [7, 11) is -5.97. The predicted octanol–water partition coefficient (Wildman–Crippen LogP) is 2.97. The molecule has 0 spiro atoms. The molecule has 1 atom stereocenters. The van der Waals surface area contributed by atoms with Crippen molar-refractivity contribution in [2.75, 3.05) is 0 Å². The van der Waals surface area contributed by atoms with Crippen LogP contribution >= 0.6 is 0 Å². The smallest absolute Gasteiger partial charge is 0.493 e. The number of aliphatic hydroxyl groups excluding tert-OH is 1. The maximum atomic E-state index is 14.0. The molecule has 11 heteroatoms. The molecule has 0 saturated heterocycles. The minimum absolute atomic E-state index is 0.0791. The van der Waals surface area contributed by atoms with Gasteiger partial charge in [-0.2, -0.15) is 13.2 Å². The first-order valence-corrected chi connectivity index (χ1v) is 8.53. The molecule has 1 aliphatic carbocycles. The van der Waals surface area contributed by atoms with Crippen molar-refractivity contribution >= 4 is 9.84 Å². The summed E-state index contributed by atoms with van der Waals surface area (Å²) in [6, 6.07) is 4.00. The van der Waals surface area contributed by atoms with Crippen LogP contribution < -0.4 is 0 Å². The zero-order valence-corrected chi connectivity index (χ0v) is 13.4. The second kappa shape index (κ2) is 5.61. The first-order valence-electron chi connectivity index (χ1n) is 7.05. The molecular weight excluding hydrogens is 385 g/mol. The molecule has 0 unspecified atom stereocenters. The summed E-state index contributed by atoms with van der Waals surface area (Å²) in [4.78, 5) is 2.12. The third kappa shape index (κ3) is 2.62. The van der Waals surface area contributed by atoms with Gasteiger partial charge >= 0.3 is 5.51 Å². The normalized spacial score (nSPS) is 19.4. The highest BCUT2D eigenvalue weighted by molar-refractivity contribution is 7.92. The molecule has 0 saturated carbocycles. The molecule has 3 rings (SSSR count). The maximum Gasteiger partial charge on any atom is 0.501 e. The van der Waals surface area contributed by atoms with Crippen molar-refractivity contribution in [1.82, 2.24) is 4.98 Å². The number of aliphatic hydroxyl groups is 1. The summed E-state index contributed by atoms with van der Waals surface area (Å²) in [5.74, 6) is -4.45. The third-order valence-electron chi connectivity index (χ3n) is 4.07. The number of pyridine rings is 1. The van der Waals surface area contributed by atoms with Gasteiger partial charge in [0.1, 0.15) is 6.10 Å². The average Bonchev–Trinajstić information content (AvgIpc) is 2.76. The van der Waals surface area contributed by atoms with Crippen molar-refractivity contribution in [3.05, 3.63) is 41.6 Å². The molecule has 2 N–H and O–H groups in total. The fourth-order valence-corrected chi connectivity index (χ4v) is 3.92. The summed E-state index contributed by atoms with van der Waals surface area (Å²) >= 11 is 0. The molecule has 140 valence electrons. The second-order valence-electron chi connectivity index (χ2n) is 5.67. The molecule has 1 heterocycles. The monoisotopic (exact) mass is 395 g/mol. The molecule has 26 heavy (non-hydrogen) atoms. The van der Waals surface area contributed by atoms with Crippen molar-refractivity contribution in [3.8, 4) is 17.0 Å². The van der Waals surface area contributed by atoms with Gasteiger partial charge in [-0.3, -0.25) is 0 Å². The summed E-state index contributed by atoms with van der Waals surface area (Å²) in [5, 5.41) is 19.6. The van der Waals surface area contributed by atoms with Crippen molar-refractivity contribution in [2.45, 2.75) is 28.9 Å². The van der Waals surface area contributed by atoms with Gasteiger partial charge in [0.15, 0.2) is 0 Å². The van der Waals surface area contributed by atoms with Crippen molar-refractivity contribution < 1.29 is 40.6 Å². The van der Waals surface area contributed by atoms with E-state index in [-0.39, 0.29) is 11.1 Å². The molecule has 0 amide bonds. The number of hydrogen-bond donors (Lipinski definition) is 2. The van der Waals surface area contributed by atoms with Crippen LogP contribution in [0.1, 0.15) is 17.2 Å². The van der Waals surface area contributed by atoms with E-state index in [1.165, 1.54) is 18.3 Å². The SMILES string of the molecule is O=S(=O)(c1ccc(-c2cccnc2O)c2c1[C@H](O)C(F)(F)C2)C(F)(F)F. The highest BCUT2D eigenvalue weighted by Gasteiger charge is 2.54. The van der Waals surface area contributed by atoms with Crippen molar-refractivity contribution in [1.29, 1.82) is 0 Å². The summed E-state index contributed by atoms with van der Waals surface area (Å²) in [6.45, 7) is 0. The topological polar surface area (TPSA) is 87.5 Å². The van der Waals surface area contributed by atoms with Crippen LogP contribution in [-0.4, -0.2) is 35.0 Å². The first-order chi connectivity index (χ1) is 11.9. The Balaban J connectivity index is 2.35. The van der Waals surface area contributed by atoms with Gasteiger partial charge in [0.05, 0.1) is 4.90 Å². The van der Waals surface area contributed by atoms with E-state index >= 15 is 0 Å². The van der Waals surface area contributed by atoms with E-state index in [2.05, 4.69) is 4.98 Å². The predicted molar refractivity (Wildman–Crippen MR) is 78.2 cm³/mol. The number of nitrogens with zero attached hydrogens (tertiary/aromatic N) is 1. The van der Waals surface area contributed by atoms with Gasteiger partial charge in [-0.25, -0.2) is 22.2 Å². The van der Waals surface area contributed by atoms with Crippen LogP contribution in [0, 0.1) is 0 Å². The number of aromatic hydroxyl groups is 1. The highest BCUT2D eigenvalue weighted by Crippen LogP contribution is 2.51. The molecule has 0 aliphatic heterocycles. The number of aromatic nitrogens is 1. The van der Waals surface area contributed by atoms with Gasteiger partial charge < -0.3 is 10.2 Å². The maximum absolute atomic E-state index is 14.0. The Morgan fingerprint density at radius 2 is 1.81 bits per heavy atom. The Morgan fingerprint density at radius 1 is 1.15 bits per heavy atom. The van der Waals surface area contributed by atoms with E-state index < -0.39 is 55.7 Å². The molecular formula is C15H10F5NO4S. The Bertz CT molecular complexity index is 988. The number of alkyl halides is 5. The molecule has 2 aromatic rings. The van der Waals surface area contributed by atoms with Crippen LogP contribution in [0.2, 0.25) is 0 Å². The molecule has 1 aromatic carbocycles. The van der Waals surface area contributed by atoms with Crippen LogP contribution in [-0.2, 0) is 16.3 Å². The lowest BCUT2D eigenvalue weighted by Gasteiger charge is -2.17. The molecule has 1 aromatic heterocycles. The van der Waals surface area contributed by atoms with Crippen LogP contribution in [0.5, 0.6) is 5.88 Å². The number of sulfone groups is 1. The van der Waals surface area contributed by atoms with Crippen LogP contribution in [0.15, 0.2) is 35.4 Å². The Labute approximate surface area is 143 Å². The summed E-state index contributed by atoms with van der Waals surface area (Å²) < 4.78 is 90.1. The molecule has 0 radical (unpaired) electrons. The standard InChI is InChI=1S/C15H10F5NO4S/c16-14(17)6-9-7(8-2-1-5-21-13(8)23)3-4-10(11(9)12(14)22)26(24,25)15(18,19)20/h1-5,12,22H,6H2,(H,21,23)/t12-/m0/s1. The highest BCUT2D eigenvalue weighted by atomic mass is 32.2. The molecule has 0 fully saturated rings. The number of fused-ring (bicyclic) bond motifs is 1. The number of rotatable bonds is 2. The minimum Gasteiger partial charge on any atom is -0.493 e. The van der Waals surface area contributed by atoms with Crippen LogP contribution in [0.4, 0.5) is 22.0 Å². The number of halogens is 5. The van der Waals surface area contributed by atoms with E-state index in [1.807, 2.05) is 0 Å². The number of benzene rings is 1. The largest absolute Gasteiger partial charge is 0.501 e. The van der Waals surface area contributed by atoms with Gasteiger partial charge in [-0.05, 0) is 29.3 Å². The van der Waals surface area contributed by atoms with Crippen molar-refractivity contribution in [3.63, 3.8) is 0 Å². The third-order valence-corrected chi connectivity index (χ3v) is 5.62. The van der Waals surface area contributed by atoms with E-state index in [0.717, 1.165) is 6.07 Å². The lowest BCUT2D eigenvalue weighted by molar-refractivity contribution is -0.0977. The van der Waals surface area contributed by atoms with E-state index in [4.69, 9.17) is 0 Å². The number of hydrogen-bond acceptors (Lipinski definition) is 5. The quantitative estimate of drug-likeness (QED) is 0.764. The molecule has 5 nitrogen and oxygen atoms in total. The Morgan fingerprint density at radius 3 is 2.38 bits per heavy atom. The van der Waals surface area contributed by atoms with Crippen LogP contribution in [0.25, 0.3) is 11.1 Å². The van der Waals surface area contributed by atoms with E-state index in [0.29, 0.717) is 6.07 Å². The molecule has 1 aliphatic rings. The Kier molecular flexibility index (Phi) is 4.00. The molecule has 0 bridgehead atoms. The first kappa shape index (κ1) is 18.5. The fourth-order valence-electron chi connectivity index (χ4n) is 2.90. The van der Waals surface area contributed by atoms with Gasteiger partial charge in [0, 0.05) is 23.7 Å².